The second kappa shape index (κ2) is 6.44. The quantitative estimate of drug-likeness (QED) is 0.774. The maximum atomic E-state index is 8.71. The van der Waals surface area contributed by atoms with Crippen molar-refractivity contribution in [2.75, 3.05) is 11.9 Å². The van der Waals surface area contributed by atoms with Crippen LogP contribution in [-0.2, 0) is 13.0 Å². The third kappa shape index (κ3) is 3.74. The molecular formula is C12H15N7. The molecule has 1 N–H and O–H groups in total. The summed E-state index contributed by atoms with van der Waals surface area (Å²) in [7, 11) is 0. The molecule has 0 spiro atoms. The minimum Gasteiger partial charge on any atom is -0.354 e. The van der Waals surface area contributed by atoms with Gasteiger partial charge in [0.05, 0.1) is 18.2 Å². The van der Waals surface area contributed by atoms with E-state index in [9.17, 15) is 0 Å². The van der Waals surface area contributed by atoms with Crippen LogP contribution in [0.25, 0.3) is 0 Å². The Morgan fingerprint density at radius 1 is 1.47 bits per heavy atom. The monoisotopic (exact) mass is 257 g/mol. The van der Waals surface area contributed by atoms with E-state index >= 15 is 0 Å². The molecule has 7 heteroatoms. The Labute approximate surface area is 111 Å². The van der Waals surface area contributed by atoms with E-state index in [1.807, 2.05) is 6.92 Å². The largest absolute Gasteiger partial charge is 0.354 e. The average molecular weight is 257 g/mol. The minimum absolute atomic E-state index is 0.308. The van der Waals surface area contributed by atoms with E-state index in [4.69, 9.17) is 5.26 Å². The Bertz CT molecular complexity index is 556. The van der Waals surface area contributed by atoms with Crippen molar-refractivity contribution in [3.63, 3.8) is 0 Å². The fraction of sp³-hybridized carbons (Fsp3) is 0.417. The molecule has 0 aromatic carbocycles. The van der Waals surface area contributed by atoms with E-state index in [0.29, 0.717) is 12.4 Å². The molecular weight excluding hydrogens is 242 g/mol. The molecule has 0 amide bonds. The Balaban J connectivity index is 1.82. The highest BCUT2D eigenvalue weighted by Crippen LogP contribution is 2.07. The van der Waals surface area contributed by atoms with Crippen LogP contribution in [0.4, 0.5) is 5.95 Å². The molecule has 0 aliphatic carbocycles. The number of anilines is 1. The maximum absolute atomic E-state index is 8.71. The highest BCUT2D eigenvalue weighted by molar-refractivity contribution is 5.30. The molecule has 2 heterocycles. The van der Waals surface area contributed by atoms with Gasteiger partial charge < -0.3 is 5.32 Å². The summed E-state index contributed by atoms with van der Waals surface area (Å²) in [5, 5.41) is 15.9. The van der Waals surface area contributed by atoms with Crippen molar-refractivity contribution in [1.29, 1.82) is 5.26 Å². The minimum atomic E-state index is 0.308. The van der Waals surface area contributed by atoms with Crippen LogP contribution in [0.1, 0.15) is 17.7 Å². The van der Waals surface area contributed by atoms with Crippen molar-refractivity contribution in [3.8, 4) is 6.07 Å². The van der Waals surface area contributed by atoms with Crippen LogP contribution in [0.5, 0.6) is 0 Å². The number of rotatable bonds is 6. The first kappa shape index (κ1) is 13.0. The lowest BCUT2D eigenvalue weighted by molar-refractivity contribution is 0.589. The smallest absolute Gasteiger partial charge is 0.222 e. The summed E-state index contributed by atoms with van der Waals surface area (Å²) < 4.78 is 1.78. The molecule has 19 heavy (non-hydrogen) atoms. The summed E-state index contributed by atoms with van der Waals surface area (Å²) in [6.07, 6.45) is 6.15. The van der Waals surface area contributed by atoms with Crippen LogP contribution in [0.3, 0.4) is 0 Å². The Hall–Kier alpha value is -2.49. The first-order valence-corrected chi connectivity index (χ1v) is 6.05. The van der Waals surface area contributed by atoms with Gasteiger partial charge in [0.25, 0.3) is 0 Å². The van der Waals surface area contributed by atoms with Gasteiger partial charge in [-0.25, -0.2) is 15.0 Å². The van der Waals surface area contributed by atoms with Gasteiger partial charge in [0, 0.05) is 19.3 Å². The van der Waals surface area contributed by atoms with Gasteiger partial charge in [-0.2, -0.15) is 10.4 Å². The van der Waals surface area contributed by atoms with Gasteiger partial charge in [0.2, 0.25) is 5.95 Å². The van der Waals surface area contributed by atoms with Crippen molar-refractivity contribution in [3.05, 3.63) is 30.1 Å². The van der Waals surface area contributed by atoms with Gasteiger partial charge >= 0.3 is 0 Å². The van der Waals surface area contributed by atoms with Crippen LogP contribution in [0, 0.1) is 18.3 Å². The Morgan fingerprint density at radius 2 is 2.37 bits per heavy atom. The fourth-order valence-corrected chi connectivity index (χ4v) is 1.61. The van der Waals surface area contributed by atoms with Crippen LogP contribution in [-0.4, -0.2) is 31.3 Å². The van der Waals surface area contributed by atoms with Crippen LogP contribution in [0.2, 0.25) is 0 Å². The zero-order valence-corrected chi connectivity index (χ0v) is 10.7. The molecule has 98 valence electrons. The fourth-order valence-electron chi connectivity index (χ4n) is 1.61. The van der Waals surface area contributed by atoms with Crippen molar-refractivity contribution in [2.45, 2.75) is 26.3 Å². The molecule has 0 fully saturated rings. The lowest BCUT2D eigenvalue weighted by atomic mass is 10.2. The number of aromatic nitrogens is 5. The van der Waals surface area contributed by atoms with Gasteiger partial charge in [-0.1, -0.05) is 0 Å². The van der Waals surface area contributed by atoms with Crippen LogP contribution < -0.4 is 5.32 Å². The van der Waals surface area contributed by atoms with E-state index in [0.717, 1.165) is 30.8 Å². The first-order valence-electron chi connectivity index (χ1n) is 6.05. The molecule has 2 rings (SSSR count). The zero-order chi connectivity index (χ0) is 13.5. The molecule has 0 bridgehead atoms. The van der Waals surface area contributed by atoms with E-state index < -0.39 is 0 Å². The zero-order valence-electron chi connectivity index (χ0n) is 10.7. The molecule has 0 saturated heterocycles. The van der Waals surface area contributed by atoms with Gasteiger partial charge in [0.1, 0.15) is 12.7 Å². The van der Waals surface area contributed by atoms with Crippen molar-refractivity contribution >= 4 is 5.95 Å². The maximum Gasteiger partial charge on any atom is 0.222 e. The predicted octanol–water partition coefficient (Wildman–Crippen LogP) is 0.945. The third-order valence-electron chi connectivity index (χ3n) is 2.64. The highest BCUT2D eigenvalue weighted by Gasteiger charge is 2.03. The topological polar surface area (TPSA) is 92.3 Å². The molecule has 7 nitrogen and oxygen atoms in total. The van der Waals surface area contributed by atoms with Crippen molar-refractivity contribution < 1.29 is 0 Å². The highest BCUT2D eigenvalue weighted by atomic mass is 15.3. The van der Waals surface area contributed by atoms with Crippen LogP contribution >= 0.6 is 0 Å². The number of nitrogens with one attached hydrogen (secondary N) is 1. The van der Waals surface area contributed by atoms with Crippen molar-refractivity contribution in [2.24, 2.45) is 0 Å². The Morgan fingerprint density at radius 3 is 3.11 bits per heavy atom. The summed E-state index contributed by atoms with van der Waals surface area (Å²) in [5.41, 5.74) is 1.71. The number of nitriles is 1. The second-order valence-electron chi connectivity index (χ2n) is 4.10. The van der Waals surface area contributed by atoms with E-state index in [2.05, 4.69) is 31.4 Å². The first-order chi connectivity index (χ1) is 9.29. The third-order valence-corrected chi connectivity index (χ3v) is 2.64. The van der Waals surface area contributed by atoms with Crippen LogP contribution in [0.15, 0.2) is 18.9 Å². The van der Waals surface area contributed by atoms with E-state index in [1.54, 1.807) is 17.2 Å². The molecule has 0 unspecified atom stereocenters. The van der Waals surface area contributed by atoms with Crippen molar-refractivity contribution in [1.82, 2.24) is 24.7 Å². The lowest BCUT2D eigenvalue weighted by Crippen LogP contribution is -2.10. The normalized spacial score (nSPS) is 10.1. The lowest BCUT2D eigenvalue weighted by Gasteiger charge is -2.07. The molecule has 0 aliphatic heterocycles. The standard InChI is InChI=1S/C12H15N7/c1-10-7-16-12(18-11(10)3-4-13)15-5-2-6-19-9-14-8-17-19/h7-9H,2-3,5-6H2,1H3,(H,15,16,18). The van der Waals surface area contributed by atoms with E-state index in [-0.39, 0.29) is 0 Å². The molecule has 0 saturated carbocycles. The number of hydrogen-bond acceptors (Lipinski definition) is 6. The van der Waals surface area contributed by atoms with E-state index in [1.165, 1.54) is 6.33 Å². The molecule has 2 aromatic heterocycles. The number of nitrogens with zero attached hydrogens (tertiary/aromatic N) is 6. The predicted molar refractivity (Wildman–Crippen MR) is 69.2 cm³/mol. The van der Waals surface area contributed by atoms with Gasteiger partial charge in [-0.15, -0.1) is 0 Å². The second-order valence-corrected chi connectivity index (χ2v) is 4.10. The summed E-state index contributed by atoms with van der Waals surface area (Å²) >= 11 is 0. The summed E-state index contributed by atoms with van der Waals surface area (Å²) in [6, 6.07) is 2.10. The van der Waals surface area contributed by atoms with Gasteiger partial charge in [-0.3, -0.25) is 4.68 Å². The molecule has 0 radical (unpaired) electrons. The molecule has 0 aliphatic rings. The number of aryl methyl sites for hydroxylation is 2. The summed E-state index contributed by atoms with van der Waals surface area (Å²) in [5.74, 6) is 0.564. The van der Waals surface area contributed by atoms with Gasteiger partial charge in [0.15, 0.2) is 0 Å². The molecule has 0 atom stereocenters. The number of hydrogen-bond donors (Lipinski definition) is 1. The average Bonchev–Trinajstić information content (AvgIpc) is 2.92. The summed E-state index contributed by atoms with van der Waals surface area (Å²) in [4.78, 5) is 12.4. The molecule has 2 aromatic rings. The SMILES string of the molecule is Cc1cnc(NCCCn2cncn2)nc1CC#N. The summed E-state index contributed by atoms with van der Waals surface area (Å²) in [6.45, 7) is 3.44. The Kier molecular flexibility index (Phi) is 4.39. The van der Waals surface area contributed by atoms with Gasteiger partial charge in [-0.05, 0) is 18.9 Å².